The number of ether oxygens (including phenoxy) is 1. The number of nitrogens with zero attached hydrogens (tertiary/aromatic N) is 1. The number of benzene rings is 1. The number of amides is 1. The molecule has 23 heavy (non-hydrogen) atoms. The summed E-state index contributed by atoms with van der Waals surface area (Å²) in [4.78, 5) is 14.1. The van der Waals surface area contributed by atoms with Crippen molar-refractivity contribution in [2.75, 3.05) is 26.8 Å². The number of likely N-dealkylation sites (tertiary alicyclic amines) is 1. The molecule has 1 aromatic rings. The molecule has 0 radical (unpaired) electrons. The summed E-state index contributed by atoms with van der Waals surface area (Å²) in [5.74, 6) is -0.698. The van der Waals surface area contributed by atoms with Crippen molar-refractivity contribution >= 4 is 17.5 Å². The highest BCUT2D eigenvalue weighted by molar-refractivity contribution is 6.31. The molecule has 0 unspecified atom stereocenters. The van der Waals surface area contributed by atoms with Gasteiger partial charge in [-0.15, -0.1) is 0 Å². The zero-order chi connectivity index (χ0) is 17.0. The van der Waals surface area contributed by atoms with E-state index in [0.29, 0.717) is 32.5 Å². The van der Waals surface area contributed by atoms with Crippen molar-refractivity contribution in [2.24, 2.45) is 5.92 Å². The lowest BCUT2D eigenvalue weighted by molar-refractivity contribution is -0.139. The highest BCUT2D eigenvalue weighted by Gasteiger charge is 2.39. The Kier molecular flexibility index (Phi) is 6.00. The van der Waals surface area contributed by atoms with Crippen LogP contribution in [0.5, 0.6) is 0 Å². The predicted molar refractivity (Wildman–Crippen MR) is 86.9 cm³/mol. The number of carbonyl (C=O) groups is 1. The van der Waals surface area contributed by atoms with Crippen LogP contribution in [0.25, 0.3) is 0 Å². The van der Waals surface area contributed by atoms with Crippen molar-refractivity contribution < 1.29 is 19.0 Å². The van der Waals surface area contributed by atoms with Crippen molar-refractivity contribution in [2.45, 2.75) is 31.8 Å². The van der Waals surface area contributed by atoms with Crippen LogP contribution in [0.1, 0.15) is 25.3 Å². The second kappa shape index (κ2) is 7.60. The molecular weight excluding hydrogens is 321 g/mol. The van der Waals surface area contributed by atoms with Crippen LogP contribution in [-0.4, -0.2) is 48.3 Å². The van der Waals surface area contributed by atoms with Gasteiger partial charge in [-0.2, -0.15) is 0 Å². The lowest BCUT2D eigenvalue weighted by Gasteiger charge is -2.43. The molecule has 128 valence electrons. The van der Waals surface area contributed by atoms with E-state index in [0.717, 1.165) is 0 Å². The first kappa shape index (κ1) is 18.2. The molecule has 4 nitrogen and oxygen atoms in total. The quantitative estimate of drug-likeness (QED) is 0.894. The zero-order valence-corrected chi connectivity index (χ0v) is 14.3. The molecule has 1 aromatic carbocycles. The van der Waals surface area contributed by atoms with E-state index in [2.05, 4.69) is 0 Å². The van der Waals surface area contributed by atoms with Gasteiger partial charge in [0.05, 0.1) is 12.0 Å². The fourth-order valence-corrected chi connectivity index (χ4v) is 3.24. The fourth-order valence-electron chi connectivity index (χ4n) is 3.01. The number of piperidine rings is 1. The molecule has 0 aromatic heterocycles. The Bertz CT molecular complexity index is 549. The first-order chi connectivity index (χ1) is 10.9. The van der Waals surface area contributed by atoms with E-state index in [1.165, 1.54) is 12.1 Å². The van der Waals surface area contributed by atoms with E-state index in [1.807, 2.05) is 6.92 Å². The summed E-state index contributed by atoms with van der Waals surface area (Å²) in [7, 11) is 1.60. The molecule has 0 aliphatic carbocycles. The number of hydrogen-bond donors (Lipinski definition) is 1. The molecule has 0 spiro atoms. The van der Waals surface area contributed by atoms with E-state index in [1.54, 1.807) is 18.1 Å². The van der Waals surface area contributed by atoms with Gasteiger partial charge >= 0.3 is 0 Å². The van der Waals surface area contributed by atoms with Gasteiger partial charge < -0.3 is 14.7 Å². The SMILES string of the molecule is COCC[C@@]1(O)CCN(C(=O)Cc2c(F)cccc2Cl)C[C@@H]1C. The summed E-state index contributed by atoms with van der Waals surface area (Å²) in [5.41, 5.74) is -0.588. The van der Waals surface area contributed by atoms with Crippen LogP contribution < -0.4 is 0 Å². The average molecular weight is 344 g/mol. The topological polar surface area (TPSA) is 49.8 Å². The molecule has 1 aliphatic rings. The van der Waals surface area contributed by atoms with Crippen molar-refractivity contribution in [1.29, 1.82) is 0 Å². The first-order valence-corrected chi connectivity index (χ1v) is 8.17. The van der Waals surface area contributed by atoms with Crippen molar-refractivity contribution in [3.63, 3.8) is 0 Å². The smallest absolute Gasteiger partial charge is 0.227 e. The molecule has 1 N–H and O–H groups in total. The molecule has 2 atom stereocenters. The normalized spacial score (nSPS) is 24.7. The lowest BCUT2D eigenvalue weighted by atomic mass is 9.79. The molecule has 0 saturated carbocycles. The Morgan fingerprint density at radius 1 is 1.57 bits per heavy atom. The number of hydrogen-bond acceptors (Lipinski definition) is 3. The minimum atomic E-state index is -0.817. The molecule has 1 heterocycles. The molecule has 1 saturated heterocycles. The van der Waals surface area contributed by atoms with Gasteiger partial charge in [0.25, 0.3) is 0 Å². The van der Waals surface area contributed by atoms with Crippen LogP contribution in [0, 0.1) is 11.7 Å². The second-order valence-electron chi connectivity index (χ2n) is 6.21. The van der Waals surface area contributed by atoms with Gasteiger partial charge in [0.2, 0.25) is 5.91 Å². The van der Waals surface area contributed by atoms with E-state index in [-0.39, 0.29) is 28.8 Å². The molecular formula is C17H23ClFNO3. The maximum absolute atomic E-state index is 13.8. The monoisotopic (exact) mass is 343 g/mol. The van der Waals surface area contributed by atoms with E-state index in [4.69, 9.17) is 16.3 Å². The van der Waals surface area contributed by atoms with E-state index >= 15 is 0 Å². The number of carbonyl (C=O) groups excluding carboxylic acids is 1. The molecule has 1 fully saturated rings. The van der Waals surface area contributed by atoms with Crippen molar-refractivity contribution in [1.82, 2.24) is 4.90 Å². The summed E-state index contributed by atoms with van der Waals surface area (Å²) < 4.78 is 18.8. The van der Waals surface area contributed by atoms with Crippen LogP contribution in [0.4, 0.5) is 4.39 Å². The largest absolute Gasteiger partial charge is 0.389 e. The van der Waals surface area contributed by atoms with Gasteiger partial charge in [-0.1, -0.05) is 24.6 Å². The Hall–Kier alpha value is -1.17. The standard InChI is InChI=1S/C17H23ClFNO3/c1-12-11-20(8-6-17(12,22)7-9-23-2)16(21)10-13-14(18)4-3-5-15(13)19/h3-5,12,22H,6-11H2,1-2H3/t12-,17-/m0/s1. The average Bonchev–Trinajstić information content (AvgIpc) is 2.52. The molecule has 6 heteroatoms. The van der Waals surface area contributed by atoms with E-state index < -0.39 is 11.4 Å². The summed E-state index contributed by atoms with van der Waals surface area (Å²) in [6.45, 7) is 3.31. The number of halogens is 2. The van der Waals surface area contributed by atoms with Crippen molar-refractivity contribution in [3.05, 3.63) is 34.6 Å². The summed E-state index contributed by atoms with van der Waals surface area (Å²) in [6.07, 6.45) is 0.981. The van der Waals surface area contributed by atoms with Gasteiger partial charge in [0.1, 0.15) is 5.82 Å². The second-order valence-corrected chi connectivity index (χ2v) is 6.62. The third-order valence-corrected chi connectivity index (χ3v) is 5.06. The third-order valence-electron chi connectivity index (χ3n) is 4.71. The summed E-state index contributed by atoms with van der Waals surface area (Å²) in [5, 5.41) is 10.9. The Labute approximate surface area is 141 Å². The van der Waals surface area contributed by atoms with Crippen LogP contribution >= 0.6 is 11.6 Å². The van der Waals surface area contributed by atoms with Crippen molar-refractivity contribution in [3.8, 4) is 0 Å². The van der Waals surface area contributed by atoms with Crippen LogP contribution in [0.3, 0.4) is 0 Å². The maximum Gasteiger partial charge on any atom is 0.227 e. The predicted octanol–water partition coefficient (Wildman–Crippen LogP) is 2.66. The van der Waals surface area contributed by atoms with Gasteiger partial charge in [0, 0.05) is 43.3 Å². The molecule has 0 bridgehead atoms. The van der Waals surface area contributed by atoms with Gasteiger partial charge in [-0.25, -0.2) is 4.39 Å². The minimum Gasteiger partial charge on any atom is -0.389 e. The molecule has 1 amide bonds. The fraction of sp³-hybridized carbons (Fsp3) is 0.588. The van der Waals surface area contributed by atoms with Gasteiger partial charge in [0.15, 0.2) is 0 Å². The Morgan fingerprint density at radius 3 is 2.91 bits per heavy atom. The highest BCUT2D eigenvalue weighted by Crippen LogP contribution is 2.31. The minimum absolute atomic E-state index is 0.0608. The van der Waals surface area contributed by atoms with E-state index in [9.17, 15) is 14.3 Å². The molecule has 1 aliphatic heterocycles. The summed E-state index contributed by atoms with van der Waals surface area (Å²) >= 11 is 5.98. The number of aliphatic hydroxyl groups is 1. The van der Waals surface area contributed by atoms with Crippen LogP contribution in [0.2, 0.25) is 5.02 Å². The maximum atomic E-state index is 13.8. The van der Waals surface area contributed by atoms with Crippen LogP contribution in [-0.2, 0) is 16.0 Å². The zero-order valence-electron chi connectivity index (χ0n) is 13.5. The highest BCUT2D eigenvalue weighted by atomic mass is 35.5. The Balaban J connectivity index is 2.00. The van der Waals surface area contributed by atoms with Gasteiger partial charge in [-0.05, 0) is 25.0 Å². The summed E-state index contributed by atoms with van der Waals surface area (Å²) in [6, 6.07) is 4.40. The first-order valence-electron chi connectivity index (χ1n) is 7.79. The Morgan fingerprint density at radius 2 is 2.30 bits per heavy atom. The molecule has 2 rings (SSSR count). The van der Waals surface area contributed by atoms with Gasteiger partial charge in [-0.3, -0.25) is 4.79 Å². The number of methoxy groups -OCH3 is 1. The lowest BCUT2D eigenvalue weighted by Crippen LogP contribution is -2.53. The number of rotatable bonds is 5. The van der Waals surface area contributed by atoms with Crippen LogP contribution in [0.15, 0.2) is 18.2 Å². The third kappa shape index (κ3) is 4.22.